The van der Waals surface area contributed by atoms with E-state index in [1.165, 1.54) is 46.3 Å². The second-order valence-corrected chi connectivity index (χ2v) is 12.4. The molecule has 0 atom stereocenters. The number of nitrogens with zero attached hydrogens (tertiary/aromatic N) is 4. The summed E-state index contributed by atoms with van der Waals surface area (Å²) in [6, 6.07) is 27.3. The number of hydrogen-bond donors (Lipinski definition) is 0. The van der Waals surface area contributed by atoms with Crippen molar-refractivity contribution in [3.8, 4) is 12.1 Å². The number of anilines is 3. The number of thiophene rings is 1. The Morgan fingerprint density at radius 1 is 0.905 bits per heavy atom. The molecule has 6 heteroatoms. The molecular formula is C36H30N4OS. The highest BCUT2D eigenvalue weighted by atomic mass is 32.1. The molecule has 0 unspecified atom stereocenters. The lowest BCUT2D eigenvalue weighted by molar-refractivity contribution is 0.214. The van der Waals surface area contributed by atoms with Gasteiger partial charge in [0, 0.05) is 27.0 Å². The summed E-state index contributed by atoms with van der Waals surface area (Å²) in [5.41, 5.74) is 11.9. The van der Waals surface area contributed by atoms with Gasteiger partial charge < -0.3 is 9.74 Å². The molecule has 4 aromatic rings. The molecule has 1 aliphatic heterocycles. The third-order valence-electron chi connectivity index (χ3n) is 8.20. The molecule has 0 N–H and O–H groups in total. The Morgan fingerprint density at radius 3 is 2.21 bits per heavy atom. The van der Waals surface area contributed by atoms with Crippen LogP contribution in [0.3, 0.4) is 0 Å². The number of hydrogen-bond acceptors (Lipinski definition) is 6. The number of oxime groups is 1. The van der Waals surface area contributed by atoms with Gasteiger partial charge >= 0.3 is 0 Å². The summed E-state index contributed by atoms with van der Waals surface area (Å²) in [4.78, 5) is 8.68. The zero-order valence-corrected chi connectivity index (χ0v) is 25.4. The number of benzene rings is 3. The summed E-state index contributed by atoms with van der Waals surface area (Å²) in [7, 11) is 1.51. The average Bonchev–Trinajstić information content (AvgIpc) is 3.52. The first-order valence-corrected chi connectivity index (χ1v) is 14.6. The Hall–Kier alpha value is -4.91. The molecule has 2 aliphatic rings. The van der Waals surface area contributed by atoms with Crippen molar-refractivity contribution in [1.82, 2.24) is 0 Å². The molecule has 0 amide bonds. The summed E-state index contributed by atoms with van der Waals surface area (Å²) in [6.07, 6.45) is 2.05. The van der Waals surface area contributed by atoms with Crippen molar-refractivity contribution in [3.05, 3.63) is 122 Å². The minimum Gasteiger partial charge on any atom is -0.399 e. The van der Waals surface area contributed by atoms with Crippen LogP contribution in [0.1, 0.15) is 57.7 Å². The molecule has 1 aliphatic carbocycles. The fraction of sp³-hybridized carbons (Fsp3) is 0.194. The van der Waals surface area contributed by atoms with Crippen LogP contribution in [0.2, 0.25) is 0 Å². The largest absolute Gasteiger partial charge is 0.399 e. The van der Waals surface area contributed by atoms with Gasteiger partial charge in [0.15, 0.2) is 0 Å². The van der Waals surface area contributed by atoms with Crippen LogP contribution < -0.4 is 4.90 Å². The molecule has 3 aromatic carbocycles. The summed E-state index contributed by atoms with van der Waals surface area (Å²) in [6.45, 7) is 11.1. The first kappa shape index (κ1) is 27.3. The predicted molar refractivity (Wildman–Crippen MR) is 171 cm³/mol. The highest BCUT2D eigenvalue weighted by Crippen LogP contribution is 2.56. The normalized spacial score (nSPS) is 16.5. The number of fused-ring (bicyclic) bond motifs is 3. The van der Waals surface area contributed by atoms with Crippen LogP contribution in [-0.4, -0.2) is 12.8 Å². The summed E-state index contributed by atoms with van der Waals surface area (Å²) < 4.78 is 0. The highest BCUT2D eigenvalue weighted by molar-refractivity contribution is 7.17. The zero-order valence-electron chi connectivity index (χ0n) is 24.5. The van der Waals surface area contributed by atoms with E-state index in [4.69, 9.17) is 4.84 Å². The van der Waals surface area contributed by atoms with Gasteiger partial charge in [0.1, 0.15) is 35.5 Å². The molecule has 0 fully saturated rings. The second-order valence-electron chi connectivity index (χ2n) is 11.3. The second kappa shape index (κ2) is 10.2. The minimum atomic E-state index is -0.243. The van der Waals surface area contributed by atoms with E-state index >= 15 is 0 Å². The maximum absolute atomic E-state index is 9.91. The van der Waals surface area contributed by atoms with Crippen LogP contribution in [0.25, 0.3) is 11.6 Å². The van der Waals surface area contributed by atoms with Gasteiger partial charge in [-0.25, -0.2) is 0 Å². The van der Waals surface area contributed by atoms with Crippen LogP contribution in [0, 0.1) is 43.4 Å². The van der Waals surface area contributed by atoms with E-state index in [1.807, 2.05) is 24.3 Å². The minimum absolute atomic E-state index is 0.0524. The topological polar surface area (TPSA) is 72.4 Å². The van der Waals surface area contributed by atoms with Gasteiger partial charge in [-0.05, 0) is 66.8 Å². The van der Waals surface area contributed by atoms with E-state index in [2.05, 4.69) is 105 Å². The Balaban J connectivity index is 1.63. The Labute approximate surface area is 250 Å². The van der Waals surface area contributed by atoms with Crippen molar-refractivity contribution in [2.45, 2.75) is 40.0 Å². The Morgan fingerprint density at radius 2 is 1.55 bits per heavy atom. The lowest BCUT2D eigenvalue weighted by Crippen LogP contribution is -2.29. The van der Waals surface area contributed by atoms with Crippen molar-refractivity contribution in [2.75, 3.05) is 12.0 Å². The average molecular weight is 567 g/mol. The van der Waals surface area contributed by atoms with Crippen LogP contribution in [-0.2, 0) is 10.3 Å². The van der Waals surface area contributed by atoms with Crippen LogP contribution in [0.4, 0.5) is 16.4 Å². The van der Waals surface area contributed by atoms with Gasteiger partial charge in [0.2, 0.25) is 0 Å². The van der Waals surface area contributed by atoms with Crippen LogP contribution >= 0.6 is 11.3 Å². The molecule has 5 nitrogen and oxygen atoms in total. The quantitative estimate of drug-likeness (QED) is 0.183. The van der Waals surface area contributed by atoms with E-state index in [-0.39, 0.29) is 11.0 Å². The molecule has 0 saturated carbocycles. The van der Waals surface area contributed by atoms with Crippen LogP contribution in [0.5, 0.6) is 0 Å². The fourth-order valence-electron chi connectivity index (χ4n) is 6.48. The maximum Gasteiger partial charge on any atom is 0.138 e. The molecule has 0 radical (unpaired) electrons. The van der Waals surface area contributed by atoms with E-state index < -0.39 is 0 Å². The van der Waals surface area contributed by atoms with E-state index in [9.17, 15) is 10.5 Å². The monoisotopic (exact) mass is 566 g/mol. The lowest BCUT2D eigenvalue weighted by Gasteiger charge is -2.41. The van der Waals surface area contributed by atoms with Gasteiger partial charge in [-0.2, -0.15) is 10.5 Å². The van der Waals surface area contributed by atoms with E-state index in [0.717, 1.165) is 21.0 Å². The third-order valence-corrected chi connectivity index (χ3v) is 9.27. The van der Waals surface area contributed by atoms with E-state index in [1.54, 1.807) is 11.3 Å². The van der Waals surface area contributed by atoms with Gasteiger partial charge in [-0.1, -0.05) is 79.2 Å². The highest BCUT2D eigenvalue weighted by Gasteiger charge is 2.39. The van der Waals surface area contributed by atoms with Gasteiger partial charge in [-0.15, -0.1) is 11.3 Å². The standard InChI is InChI=1S/C36H30N4OS/c1-21-15-22(2)34(23(3)16-21)40-31-14-10-9-13-29(31)36(4,5)30-18-25(42-35(30)40)17-28-32(24(19-37)20-38)26-11-7-8-12-27(26)33(28)39-41-6/h7-18H,1-6H3/b28-17-,39-33+. The molecule has 206 valence electrons. The summed E-state index contributed by atoms with van der Waals surface area (Å²) in [5.74, 6) is 0. The molecule has 42 heavy (non-hydrogen) atoms. The number of allylic oxidation sites excluding steroid dienone is 3. The van der Waals surface area contributed by atoms with Gasteiger partial charge in [0.05, 0.1) is 11.4 Å². The molecule has 0 saturated heterocycles. The Bertz CT molecular complexity index is 1920. The van der Waals surface area contributed by atoms with Crippen molar-refractivity contribution in [2.24, 2.45) is 5.16 Å². The van der Waals surface area contributed by atoms with Crippen molar-refractivity contribution in [3.63, 3.8) is 0 Å². The molecular weight excluding hydrogens is 536 g/mol. The Kier molecular flexibility index (Phi) is 6.61. The molecule has 2 heterocycles. The summed E-state index contributed by atoms with van der Waals surface area (Å²) in [5, 5.41) is 25.4. The van der Waals surface area contributed by atoms with Crippen molar-refractivity contribution < 1.29 is 4.84 Å². The molecule has 0 bridgehead atoms. The first-order chi connectivity index (χ1) is 20.2. The molecule has 0 spiro atoms. The van der Waals surface area contributed by atoms with Crippen molar-refractivity contribution >= 4 is 45.1 Å². The van der Waals surface area contributed by atoms with E-state index in [0.29, 0.717) is 16.9 Å². The first-order valence-electron chi connectivity index (χ1n) is 13.8. The van der Waals surface area contributed by atoms with Crippen molar-refractivity contribution in [1.29, 1.82) is 10.5 Å². The van der Waals surface area contributed by atoms with Gasteiger partial charge in [0.25, 0.3) is 0 Å². The fourth-order valence-corrected chi connectivity index (χ4v) is 7.76. The van der Waals surface area contributed by atoms with Crippen LogP contribution in [0.15, 0.2) is 83.0 Å². The number of rotatable bonds is 3. The SMILES string of the molecule is CO/N=C1/C(=C\c2cc3c(s2)N(c2c(C)cc(C)cc2C)c2ccccc2C3(C)C)C(=C(C#N)C#N)c2ccccc21. The maximum atomic E-state index is 9.91. The zero-order chi connectivity index (χ0) is 29.8. The predicted octanol–water partition coefficient (Wildman–Crippen LogP) is 9.03. The third kappa shape index (κ3) is 4.07. The number of para-hydroxylation sites is 1. The molecule has 1 aromatic heterocycles. The smallest absolute Gasteiger partial charge is 0.138 e. The van der Waals surface area contributed by atoms with Gasteiger partial charge in [-0.3, -0.25) is 0 Å². The lowest BCUT2D eigenvalue weighted by atomic mass is 9.75. The summed E-state index contributed by atoms with van der Waals surface area (Å²) >= 11 is 1.71. The number of aryl methyl sites for hydroxylation is 3. The molecule has 6 rings (SSSR count). The number of nitriles is 2.